The lowest BCUT2D eigenvalue weighted by atomic mass is 9.97. The Morgan fingerprint density at radius 2 is 1.62 bits per heavy atom. The van der Waals surface area contributed by atoms with Crippen LogP contribution in [0.5, 0.6) is 0 Å². The van der Waals surface area contributed by atoms with Crippen molar-refractivity contribution >= 4 is 28.9 Å². The van der Waals surface area contributed by atoms with Crippen LogP contribution >= 0.6 is 23.2 Å². The van der Waals surface area contributed by atoms with Gasteiger partial charge in [-0.25, -0.2) is 0 Å². The number of rotatable bonds is 4. The van der Waals surface area contributed by atoms with Crippen molar-refractivity contribution in [2.75, 3.05) is 0 Å². The lowest BCUT2D eigenvalue weighted by Gasteiger charge is -2.21. The van der Waals surface area contributed by atoms with Gasteiger partial charge in [0.25, 0.3) is 0 Å². The second-order valence-corrected chi connectivity index (χ2v) is 7.18. The van der Waals surface area contributed by atoms with Gasteiger partial charge in [-0.15, -0.1) is 10.2 Å². The number of hydrogen-bond donors (Lipinski definition) is 0. The molecule has 0 bridgehead atoms. The number of hydrogen-bond acceptors (Lipinski definition) is 3. The van der Waals surface area contributed by atoms with Crippen molar-refractivity contribution in [1.82, 2.24) is 14.8 Å². The van der Waals surface area contributed by atoms with Gasteiger partial charge in [0.1, 0.15) is 17.7 Å². The Balaban J connectivity index is 2.30. The van der Waals surface area contributed by atoms with Crippen LogP contribution < -0.4 is 0 Å². The molecule has 0 aliphatic rings. The molecule has 6 heteroatoms. The second-order valence-electron chi connectivity index (χ2n) is 6.33. The van der Waals surface area contributed by atoms with Gasteiger partial charge in [0, 0.05) is 21.3 Å². The van der Waals surface area contributed by atoms with E-state index in [2.05, 4.69) is 10.2 Å². The number of aryl methyl sites for hydroxylation is 2. The van der Waals surface area contributed by atoms with E-state index in [-0.39, 0.29) is 6.04 Å². The van der Waals surface area contributed by atoms with Gasteiger partial charge in [0.2, 0.25) is 0 Å². The van der Waals surface area contributed by atoms with Crippen LogP contribution in [0.15, 0.2) is 47.5 Å². The lowest BCUT2D eigenvalue weighted by molar-refractivity contribution is 0.834. The molecule has 4 nitrogen and oxygen atoms in total. The summed E-state index contributed by atoms with van der Waals surface area (Å²) in [6.45, 7) is 7.81. The summed E-state index contributed by atoms with van der Waals surface area (Å²) in [7, 11) is 0. The maximum atomic E-state index is 6.50. The fourth-order valence-corrected chi connectivity index (χ4v) is 3.45. The van der Waals surface area contributed by atoms with E-state index in [0.29, 0.717) is 10.0 Å². The minimum atomic E-state index is -0.274. The third-order valence-electron chi connectivity index (χ3n) is 4.10. The average molecular weight is 387 g/mol. The summed E-state index contributed by atoms with van der Waals surface area (Å²) in [4.78, 5) is 4.87. The maximum Gasteiger partial charge on any atom is 0.134 e. The van der Waals surface area contributed by atoms with E-state index in [4.69, 9.17) is 28.2 Å². The number of nitrogens with zero attached hydrogens (tertiary/aromatic N) is 4. The smallest absolute Gasteiger partial charge is 0.134 e. The zero-order chi connectivity index (χ0) is 18.8. The predicted molar refractivity (Wildman–Crippen MR) is 108 cm³/mol. The summed E-state index contributed by atoms with van der Waals surface area (Å²) in [5.74, 6) is 1.61. The normalized spacial score (nSPS) is 12.1. The van der Waals surface area contributed by atoms with Gasteiger partial charge in [-0.1, -0.05) is 41.4 Å². The minimum absolute atomic E-state index is 0.274. The highest BCUT2D eigenvalue weighted by Crippen LogP contribution is 2.36. The number of benzene rings is 2. The molecule has 0 amide bonds. The zero-order valence-electron chi connectivity index (χ0n) is 15.2. The number of aliphatic imine (C=N–C) groups is 1. The highest BCUT2D eigenvalue weighted by atomic mass is 35.5. The molecule has 26 heavy (non-hydrogen) atoms. The third-order valence-corrected chi connectivity index (χ3v) is 4.68. The van der Waals surface area contributed by atoms with Gasteiger partial charge in [0.15, 0.2) is 0 Å². The second kappa shape index (κ2) is 7.60. The summed E-state index contributed by atoms with van der Waals surface area (Å²) >= 11 is 12.8. The molecule has 0 aliphatic carbocycles. The maximum absolute atomic E-state index is 6.50. The molecule has 134 valence electrons. The van der Waals surface area contributed by atoms with E-state index in [1.54, 1.807) is 0 Å². The Hall–Kier alpha value is -2.17. The van der Waals surface area contributed by atoms with Crippen molar-refractivity contribution < 1.29 is 0 Å². The summed E-state index contributed by atoms with van der Waals surface area (Å²) in [6.07, 6.45) is 0. The molecule has 0 saturated carbocycles. The highest BCUT2D eigenvalue weighted by Gasteiger charge is 2.22. The molecule has 1 heterocycles. The van der Waals surface area contributed by atoms with Crippen LogP contribution in [0.1, 0.15) is 42.7 Å². The van der Waals surface area contributed by atoms with Crippen molar-refractivity contribution in [1.29, 1.82) is 0 Å². The van der Waals surface area contributed by atoms with Crippen LogP contribution in [-0.2, 0) is 0 Å². The van der Waals surface area contributed by atoms with Crippen LogP contribution in [0.3, 0.4) is 0 Å². The van der Waals surface area contributed by atoms with Crippen LogP contribution in [0.4, 0.5) is 0 Å². The Bertz CT molecular complexity index is 952. The van der Waals surface area contributed by atoms with E-state index in [1.807, 2.05) is 74.7 Å². The van der Waals surface area contributed by atoms with Crippen LogP contribution in [0, 0.1) is 13.8 Å². The first-order valence-electron chi connectivity index (χ1n) is 8.32. The van der Waals surface area contributed by atoms with E-state index in [0.717, 1.165) is 34.2 Å². The molecule has 0 aliphatic heterocycles. The molecule has 1 atom stereocenters. The molecule has 0 spiro atoms. The first-order chi connectivity index (χ1) is 12.4. The van der Waals surface area contributed by atoms with Gasteiger partial charge in [-0.2, -0.15) is 0 Å². The van der Waals surface area contributed by atoms with Gasteiger partial charge < -0.3 is 0 Å². The zero-order valence-corrected chi connectivity index (χ0v) is 16.7. The largest absolute Gasteiger partial charge is 0.283 e. The van der Waals surface area contributed by atoms with Crippen molar-refractivity contribution in [3.05, 3.63) is 75.3 Å². The van der Waals surface area contributed by atoms with Crippen molar-refractivity contribution in [2.24, 2.45) is 4.99 Å². The summed E-state index contributed by atoms with van der Waals surface area (Å²) < 4.78 is 2.01. The summed E-state index contributed by atoms with van der Waals surface area (Å²) in [5.41, 5.74) is 3.79. The Labute approximate surface area is 163 Å². The van der Waals surface area contributed by atoms with Crippen molar-refractivity contribution in [3.63, 3.8) is 0 Å². The molecule has 2 aromatic carbocycles. The van der Waals surface area contributed by atoms with Gasteiger partial charge in [-0.3, -0.25) is 9.56 Å². The molecule has 0 fully saturated rings. The van der Waals surface area contributed by atoms with E-state index >= 15 is 0 Å². The molecule has 0 saturated heterocycles. The monoisotopic (exact) mass is 386 g/mol. The molecule has 1 aromatic heterocycles. The Kier molecular flexibility index (Phi) is 5.44. The third kappa shape index (κ3) is 3.67. The number of halogens is 2. The van der Waals surface area contributed by atoms with E-state index in [1.165, 1.54) is 0 Å². The quantitative estimate of drug-likeness (QED) is 0.534. The van der Waals surface area contributed by atoms with E-state index in [9.17, 15) is 0 Å². The predicted octanol–water partition coefficient (Wildman–Crippen LogP) is 5.76. The standard InChI is InChI=1S/C20H20Cl2N4/c1-12(2)23-20(16-7-5-6-8-18(16)22)17-11-15(21)9-10-19(17)26-13(3)24-25-14(26)4/h5-11,20H,1-4H3. The highest BCUT2D eigenvalue weighted by molar-refractivity contribution is 6.31. The first-order valence-corrected chi connectivity index (χ1v) is 9.08. The van der Waals surface area contributed by atoms with Crippen molar-refractivity contribution in [2.45, 2.75) is 33.7 Å². The minimum Gasteiger partial charge on any atom is -0.283 e. The molecule has 3 rings (SSSR count). The molecule has 1 unspecified atom stereocenters. The van der Waals surface area contributed by atoms with E-state index < -0.39 is 0 Å². The lowest BCUT2D eigenvalue weighted by Crippen LogP contribution is -2.09. The fourth-order valence-electron chi connectivity index (χ4n) is 3.03. The topological polar surface area (TPSA) is 43.1 Å². The molecular weight excluding hydrogens is 367 g/mol. The van der Waals surface area contributed by atoms with Gasteiger partial charge >= 0.3 is 0 Å². The van der Waals surface area contributed by atoms with Gasteiger partial charge in [-0.05, 0) is 57.5 Å². The first kappa shape index (κ1) is 18.6. The van der Waals surface area contributed by atoms with Gasteiger partial charge in [0.05, 0.1) is 5.69 Å². The summed E-state index contributed by atoms with van der Waals surface area (Å²) in [5, 5.41) is 9.69. The molecule has 0 radical (unpaired) electrons. The summed E-state index contributed by atoms with van der Waals surface area (Å²) in [6, 6.07) is 13.3. The SMILES string of the molecule is CC(C)=NC(c1ccccc1Cl)c1cc(Cl)ccc1-n1c(C)nnc1C. The van der Waals surface area contributed by atoms with Crippen LogP contribution in [0.2, 0.25) is 10.0 Å². The van der Waals surface area contributed by atoms with Crippen LogP contribution in [0.25, 0.3) is 5.69 Å². The average Bonchev–Trinajstić information content (AvgIpc) is 2.92. The number of aromatic nitrogens is 3. The molecule has 3 aromatic rings. The van der Waals surface area contributed by atoms with Crippen molar-refractivity contribution in [3.8, 4) is 5.69 Å². The molecular formula is C20H20Cl2N4. The Morgan fingerprint density at radius 3 is 2.23 bits per heavy atom. The fraction of sp³-hybridized carbons (Fsp3) is 0.250. The molecule has 0 N–H and O–H groups in total. The van der Waals surface area contributed by atoms with Crippen LogP contribution in [-0.4, -0.2) is 20.5 Å². The Morgan fingerprint density at radius 1 is 0.962 bits per heavy atom.